The molecule has 1 aliphatic carbocycles. The highest BCUT2D eigenvalue weighted by molar-refractivity contribution is 5.67. The van der Waals surface area contributed by atoms with Gasteiger partial charge in [-0.2, -0.15) is 0 Å². The van der Waals surface area contributed by atoms with E-state index in [2.05, 4.69) is 20.8 Å². The lowest BCUT2D eigenvalue weighted by molar-refractivity contribution is -0.142. The maximum absolute atomic E-state index is 10.3. The summed E-state index contributed by atoms with van der Waals surface area (Å²) < 4.78 is 10.6. The van der Waals surface area contributed by atoms with Crippen LogP contribution in [0.2, 0.25) is 0 Å². The average molecular weight is 272 g/mol. The molecule has 0 bridgehead atoms. The lowest BCUT2D eigenvalue weighted by atomic mass is 9.70. The van der Waals surface area contributed by atoms with E-state index in [4.69, 9.17) is 14.6 Å². The second kappa shape index (κ2) is 8.54. The summed E-state index contributed by atoms with van der Waals surface area (Å²) in [5.74, 6) is 1.98. The van der Waals surface area contributed by atoms with Gasteiger partial charge in [0.2, 0.25) is 0 Å². The Bertz CT molecular complexity index is 265. The Labute approximate surface area is 116 Å². The quantitative estimate of drug-likeness (QED) is 0.690. The predicted octanol–water partition coefficient (Wildman–Crippen LogP) is 2.81. The van der Waals surface area contributed by atoms with Gasteiger partial charge in [0.05, 0.1) is 13.2 Å². The molecule has 0 spiro atoms. The van der Waals surface area contributed by atoms with Crippen LogP contribution in [0.4, 0.5) is 0 Å². The molecule has 0 aromatic heterocycles. The molecule has 1 aliphatic rings. The summed E-state index contributed by atoms with van der Waals surface area (Å²) in [7, 11) is 0. The standard InChI is InChI=1S/C15H28O4/c1-11(2)14-5-4-12(3)8-13(14)9-18-6-7-19-10-15(16)17/h11-14H,4-10H2,1-3H3,(H,16,17). The van der Waals surface area contributed by atoms with Crippen LogP contribution >= 0.6 is 0 Å². The van der Waals surface area contributed by atoms with Crippen LogP contribution in [-0.2, 0) is 14.3 Å². The zero-order chi connectivity index (χ0) is 14.3. The van der Waals surface area contributed by atoms with Crippen LogP contribution in [0.5, 0.6) is 0 Å². The van der Waals surface area contributed by atoms with Crippen molar-refractivity contribution in [1.82, 2.24) is 0 Å². The Balaban J connectivity index is 2.19. The SMILES string of the molecule is CC1CCC(C(C)C)C(COCCOCC(=O)O)C1. The fraction of sp³-hybridized carbons (Fsp3) is 0.933. The Morgan fingerprint density at radius 2 is 1.95 bits per heavy atom. The average Bonchev–Trinajstić information content (AvgIpc) is 2.33. The van der Waals surface area contributed by atoms with Gasteiger partial charge in [-0.25, -0.2) is 4.79 Å². The summed E-state index contributed by atoms with van der Waals surface area (Å²) in [6.07, 6.45) is 3.89. The van der Waals surface area contributed by atoms with Crippen LogP contribution < -0.4 is 0 Å². The third-order valence-electron chi connectivity index (χ3n) is 4.09. The third kappa shape index (κ3) is 6.39. The molecule has 1 N–H and O–H groups in total. The largest absolute Gasteiger partial charge is 0.480 e. The van der Waals surface area contributed by atoms with E-state index in [1.165, 1.54) is 19.3 Å². The molecule has 0 heterocycles. The number of carbonyl (C=O) groups is 1. The van der Waals surface area contributed by atoms with Crippen molar-refractivity contribution in [2.75, 3.05) is 26.4 Å². The minimum atomic E-state index is -0.930. The first-order valence-corrected chi connectivity index (χ1v) is 7.38. The van der Waals surface area contributed by atoms with E-state index < -0.39 is 5.97 Å². The van der Waals surface area contributed by atoms with Crippen molar-refractivity contribution in [1.29, 1.82) is 0 Å². The molecule has 1 saturated carbocycles. The highest BCUT2D eigenvalue weighted by atomic mass is 16.5. The van der Waals surface area contributed by atoms with Crippen molar-refractivity contribution in [3.8, 4) is 0 Å². The minimum Gasteiger partial charge on any atom is -0.480 e. The lowest BCUT2D eigenvalue weighted by Crippen LogP contribution is -2.31. The van der Waals surface area contributed by atoms with Crippen LogP contribution in [0.3, 0.4) is 0 Å². The summed E-state index contributed by atoms with van der Waals surface area (Å²) in [6, 6.07) is 0. The molecular weight excluding hydrogens is 244 g/mol. The van der Waals surface area contributed by atoms with Gasteiger partial charge >= 0.3 is 5.97 Å². The molecular formula is C15H28O4. The molecule has 0 amide bonds. The van der Waals surface area contributed by atoms with E-state index in [-0.39, 0.29) is 6.61 Å². The Kier molecular flexibility index (Phi) is 7.39. The fourth-order valence-electron chi connectivity index (χ4n) is 3.10. The van der Waals surface area contributed by atoms with E-state index in [9.17, 15) is 4.79 Å². The highest BCUT2D eigenvalue weighted by Crippen LogP contribution is 2.37. The number of hydrogen-bond acceptors (Lipinski definition) is 3. The van der Waals surface area contributed by atoms with Crippen molar-refractivity contribution < 1.29 is 19.4 Å². The van der Waals surface area contributed by atoms with E-state index in [1.807, 2.05) is 0 Å². The molecule has 0 saturated heterocycles. The predicted molar refractivity (Wildman–Crippen MR) is 74.1 cm³/mol. The first-order chi connectivity index (χ1) is 9.00. The molecule has 4 nitrogen and oxygen atoms in total. The molecule has 3 unspecified atom stereocenters. The van der Waals surface area contributed by atoms with E-state index in [1.54, 1.807) is 0 Å². The molecule has 0 aromatic carbocycles. The maximum atomic E-state index is 10.3. The number of aliphatic carboxylic acids is 1. The second-order valence-corrected chi connectivity index (χ2v) is 6.11. The van der Waals surface area contributed by atoms with Crippen LogP contribution in [0.15, 0.2) is 0 Å². The van der Waals surface area contributed by atoms with Crippen LogP contribution in [0, 0.1) is 23.7 Å². The zero-order valence-corrected chi connectivity index (χ0v) is 12.4. The van der Waals surface area contributed by atoms with Crippen molar-refractivity contribution >= 4 is 5.97 Å². The summed E-state index contributed by atoms with van der Waals surface area (Å²) in [6.45, 7) is 8.30. The van der Waals surface area contributed by atoms with Crippen LogP contribution in [0.1, 0.15) is 40.0 Å². The van der Waals surface area contributed by atoms with Gasteiger partial charge in [-0.1, -0.05) is 27.2 Å². The van der Waals surface area contributed by atoms with Crippen molar-refractivity contribution in [2.45, 2.75) is 40.0 Å². The summed E-state index contributed by atoms with van der Waals surface area (Å²) in [5, 5.41) is 8.43. The number of rotatable bonds is 8. The van der Waals surface area contributed by atoms with E-state index >= 15 is 0 Å². The summed E-state index contributed by atoms with van der Waals surface area (Å²) in [4.78, 5) is 10.3. The maximum Gasteiger partial charge on any atom is 0.329 e. The Morgan fingerprint density at radius 3 is 2.58 bits per heavy atom. The Morgan fingerprint density at radius 1 is 1.26 bits per heavy atom. The lowest BCUT2D eigenvalue weighted by Gasteiger charge is -2.37. The molecule has 0 radical (unpaired) electrons. The van der Waals surface area contributed by atoms with Gasteiger partial charge in [0, 0.05) is 6.61 Å². The van der Waals surface area contributed by atoms with Gasteiger partial charge in [-0.3, -0.25) is 0 Å². The van der Waals surface area contributed by atoms with Crippen molar-refractivity contribution in [3.63, 3.8) is 0 Å². The normalized spacial score (nSPS) is 27.7. The van der Waals surface area contributed by atoms with Crippen LogP contribution in [0.25, 0.3) is 0 Å². The first kappa shape index (κ1) is 16.4. The number of ether oxygens (including phenoxy) is 2. The molecule has 0 aliphatic heterocycles. The van der Waals surface area contributed by atoms with Gasteiger partial charge < -0.3 is 14.6 Å². The van der Waals surface area contributed by atoms with Crippen LogP contribution in [-0.4, -0.2) is 37.5 Å². The minimum absolute atomic E-state index is 0.238. The molecule has 1 fully saturated rings. The van der Waals surface area contributed by atoms with Gasteiger partial charge in [-0.05, 0) is 36.5 Å². The zero-order valence-electron chi connectivity index (χ0n) is 12.4. The van der Waals surface area contributed by atoms with Gasteiger partial charge in [0.15, 0.2) is 0 Å². The summed E-state index contributed by atoms with van der Waals surface area (Å²) in [5.41, 5.74) is 0. The topological polar surface area (TPSA) is 55.8 Å². The number of carboxylic acid groups (broad SMARTS) is 1. The smallest absolute Gasteiger partial charge is 0.329 e. The van der Waals surface area contributed by atoms with Gasteiger partial charge in [0.1, 0.15) is 6.61 Å². The van der Waals surface area contributed by atoms with Crippen molar-refractivity contribution in [3.05, 3.63) is 0 Å². The first-order valence-electron chi connectivity index (χ1n) is 7.38. The molecule has 112 valence electrons. The van der Waals surface area contributed by atoms with E-state index in [0.29, 0.717) is 25.0 Å². The van der Waals surface area contributed by atoms with E-state index in [0.717, 1.165) is 18.4 Å². The molecule has 1 rings (SSSR count). The Hall–Kier alpha value is -0.610. The van der Waals surface area contributed by atoms with Gasteiger partial charge in [0.25, 0.3) is 0 Å². The van der Waals surface area contributed by atoms with Crippen molar-refractivity contribution in [2.24, 2.45) is 23.7 Å². The molecule has 0 aromatic rings. The highest BCUT2D eigenvalue weighted by Gasteiger charge is 2.30. The second-order valence-electron chi connectivity index (χ2n) is 6.11. The third-order valence-corrected chi connectivity index (χ3v) is 4.09. The molecule has 3 atom stereocenters. The summed E-state index contributed by atoms with van der Waals surface area (Å²) >= 11 is 0. The molecule has 19 heavy (non-hydrogen) atoms. The number of carboxylic acids is 1. The van der Waals surface area contributed by atoms with Gasteiger partial charge in [-0.15, -0.1) is 0 Å². The monoisotopic (exact) mass is 272 g/mol. The number of hydrogen-bond donors (Lipinski definition) is 1. The molecule has 4 heteroatoms. The fourth-order valence-corrected chi connectivity index (χ4v) is 3.10.